The van der Waals surface area contributed by atoms with Crippen LogP contribution in [-0.4, -0.2) is 27.0 Å². The van der Waals surface area contributed by atoms with Crippen molar-refractivity contribution in [2.24, 2.45) is 0 Å². The van der Waals surface area contributed by atoms with Crippen molar-refractivity contribution in [2.75, 3.05) is 7.11 Å². The largest absolute Gasteiger partial charge is 0.481 e. The lowest BCUT2D eigenvalue weighted by atomic mass is 10.0. The van der Waals surface area contributed by atoms with Gasteiger partial charge < -0.3 is 9.72 Å². The number of aryl methyl sites for hydroxylation is 2. The number of hydrogen-bond donors (Lipinski definition) is 1. The summed E-state index contributed by atoms with van der Waals surface area (Å²) in [5.74, 6) is 0.623. The van der Waals surface area contributed by atoms with Gasteiger partial charge >= 0.3 is 0 Å². The average molecular weight is 369 g/mol. The van der Waals surface area contributed by atoms with Crippen LogP contribution >= 0.6 is 0 Å². The summed E-state index contributed by atoms with van der Waals surface area (Å²) in [5, 5.41) is 10.2. The van der Waals surface area contributed by atoms with Gasteiger partial charge in [-0.15, -0.1) is 0 Å². The first-order valence-corrected chi connectivity index (χ1v) is 9.04. The summed E-state index contributed by atoms with van der Waals surface area (Å²) in [5.41, 5.74) is 5.73. The molecule has 138 valence electrons. The number of nitriles is 1. The molecule has 1 N–H and O–H groups in total. The van der Waals surface area contributed by atoms with Gasteiger partial charge in [0.15, 0.2) is 0 Å². The third-order valence-corrected chi connectivity index (χ3v) is 4.73. The number of hydrogen-bond acceptors (Lipinski definition) is 5. The molecule has 0 aliphatic rings. The highest BCUT2D eigenvalue weighted by molar-refractivity contribution is 5.86. The molecule has 0 spiro atoms. The Kier molecular flexibility index (Phi) is 4.98. The van der Waals surface area contributed by atoms with Gasteiger partial charge in [0.25, 0.3) is 0 Å². The predicted molar refractivity (Wildman–Crippen MR) is 106 cm³/mol. The van der Waals surface area contributed by atoms with Gasteiger partial charge in [0.05, 0.1) is 18.7 Å². The Morgan fingerprint density at radius 1 is 1.00 bits per heavy atom. The molecule has 4 aromatic heterocycles. The number of rotatable bonds is 6. The van der Waals surface area contributed by atoms with Crippen molar-refractivity contribution in [2.45, 2.75) is 19.3 Å². The first kappa shape index (κ1) is 17.7. The lowest BCUT2D eigenvalue weighted by molar-refractivity contribution is 0.397. The molecule has 6 nitrogen and oxygen atoms in total. The zero-order valence-corrected chi connectivity index (χ0v) is 15.5. The number of aromatic nitrogens is 4. The van der Waals surface area contributed by atoms with E-state index in [0.29, 0.717) is 17.9 Å². The topological polar surface area (TPSA) is 87.5 Å². The Labute approximate surface area is 162 Å². The van der Waals surface area contributed by atoms with E-state index in [4.69, 9.17) is 4.74 Å². The number of nitrogens with one attached hydrogen (secondary N) is 1. The average Bonchev–Trinajstić information content (AvgIpc) is 3.16. The maximum Gasteiger partial charge on any atom is 0.212 e. The molecular formula is C22H19N5O. The van der Waals surface area contributed by atoms with E-state index in [-0.39, 0.29) is 0 Å². The SMILES string of the molecule is COc1ccc(CCc2ccc(Cc3c[nH]c4nccc(C#N)c34)cn2)cn1. The van der Waals surface area contributed by atoms with Crippen LogP contribution in [0.3, 0.4) is 0 Å². The normalized spacial score (nSPS) is 10.7. The summed E-state index contributed by atoms with van der Waals surface area (Å²) < 4.78 is 5.08. The van der Waals surface area contributed by atoms with Crippen LogP contribution in [0.1, 0.15) is 27.9 Å². The number of H-pyrrole nitrogens is 1. The van der Waals surface area contributed by atoms with Gasteiger partial charge in [-0.3, -0.25) is 4.98 Å². The van der Waals surface area contributed by atoms with Crippen LogP contribution in [0.25, 0.3) is 11.0 Å². The lowest BCUT2D eigenvalue weighted by Crippen LogP contribution is -1.97. The van der Waals surface area contributed by atoms with Gasteiger partial charge in [0.2, 0.25) is 5.88 Å². The fourth-order valence-electron chi connectivity index (χ4n) is 3.24. The summed E-state index contributed by atoms with van der Waals surface area (Å²) in [6.45, 7) is 0. The van der Waals surface area contributed by atoms with Gasteiger partial charge in [-0.2, -0.15) is 5.26 Å². The quantitative estimate of drug-likeness (QED) is 0.561. The number of nitrogens with zero attached hydrogens (tertiary/aromatic N) is 4. The molecule has 0 aliphatic carbocycles. The molecule has 0 saturated carbocycles. The Balaban J connectivity index is 1.44. The predicted octanol–water partition coefficient (Wildman–Crippen LogP) is 3.61. The first-order valence-electron chi connectivity index (χ1n) is 9.04. The molecule has 28 heavy (non-hydrogen) atoms. The summed E-state index contributed by atoms with van der Waals surface area (Å²) >= 11 is 0. The standard InChI is InChI=1S/C22H19N5O/c1-28-20-7-4-15(12-26-20)2-5-19-6-3-16(13-25-19)10-18-14-27-22-21(18)17(11-23)8-9-24-22/h3-4,6-9,12-14H,2,5,10H2,1H3,(H,24,27). The minimum atomic E-state index is 0.623. The van der Waals surface area contributed by atoms with E-state index in [9.17, 15) is 5.26 Å². The van der Waals surface area contributed by atoms with Crippen LogP contribution in [0.5, 0.6) is 5.88 Å². The van der Waals surface area contributed by atoms with Crippen LogP contribution in [-0.2, 0) is 19.3 Å². The number of ether oxygens (including phenoxy) is 1. The lowest BCUT2D eigenvalue weighted by Gasteiger charge is -2.05. The maximum atomic E-state index is 9.35. The molecule has 6 heteroatoms. The fraction of sp³-hybridized carbons (Fsp3) is 0.182. The summed E-state index contributed by atoms with van der Waals surface area (Å²) in [6, 6.07) is 12.0. The second-order valence-corrected chi connectivity index (χ2v) is 6.55. The molecule has 0 bridgehead atoms. The molecule has 4 rings (SSSR count). The van der Waals surface area contributed by atoms with Gasteiger partial charge in [-0.1, -0.05) is 12.1 Å². The number of aromatic amines is 1. The van der Waals surface area contributed by atoms with Crippen molar-refractivity contribution in [1.82, 2.24) is 19.9 Å². The smallest absolute Gasteiger partial charge is 0.212 e. The Bertz CT molecular complexity index is 1120. The fourth-order valence-corrected chi connectivity index (χ4v) is 3.24. The Hall–Kier alpha value is -3.72. The summed E-state index contributed by atoms with van der Waals surface area (Å²) in [7, 11) is 1.61. The summed E-state index contributed by atoms with van der Waals surface area (Å²) in [4.78, 5) is 16.3. The van der Waals surface area contributed by atoms with Crippen molar-refractivity contribution in [1.29, 1.82) is 5.26 Å². The van der Waals surface area contributed by atoms with E-state index in [1.54, 1.807) is 19.4 Å². The molecule has 0 unspecified atom stereocenters. The van der Waals surface area contributed by atoms with Crippen LogP contribution in [0, 0.1) is 11.3 Å². The monoisotopic (exact) mass is 369 g/mol. The Morgan fingerprint density at radius 2 is 1.86 bits per heavy atom. The minimum Gasteiger partial charge on any atom is -0.481 e. The van der Waals surface area contributed by atoms with E-state index in [1.807, 2.05) is 30.7 Å². The van der Waals surface area contributed by atoms with E-state index < -0.39 is 0 Å². The third-order valence-electron chi connectivity index (χ3n) is 4.73. The highest BCUT2D eigenvalue weighted by atomic mass is 16.5. The summed E-state index contributed by atoms with van der Waals surface area (Å²) in [6.07, 6.45) is 9.75. The molecule has 4 aromatic rings. The highest BCUT2D eigenvalue weighted by Crippen LogP contribution is 2.23. The highest BCUT2D eigenvalue weighted by Gasteiger charge is 2.10. The zero-order chi connectivity index (χ0) is 19.3. The van der Waals surface area contributed by atoms with Gasteiger partial charge in [-0.25, -0.2) is 9.97 Å². The van der Waals surface area contributed by atoms with Crippen LogP contribution in [0.2, 0.25) is 0 Å². The van der Waals surface area contributed by atoms with Crippen LogP contribution in [0.4, 0.5) is 0 Å². The molecule has 4 heterocycles. The van der Waals surface area contributed by atoms with E-state index >= 15 is 0 Å². The molecule has 0 amide bonds. The second kappa shape index (κ2) is 7.89. The first-order chi connectivity index (χ1) is 13.8. The van der Waals surface area contributed by atoms with Crippen molar-refractivity contribution in [3.8, 4) is 11.9 Å². The molecule has 0 aromatic carbocycles. The van der Waals surface area contributed by atoms with E-state index in [2.05, 4.69) is 38.1 Å². The molecule has 0 radical (unpaired) electrons. The number of fused-ring (bicyclic) bond motifs is 1. The van der Waals surface area contributed by atoms with Gasteiger partial charge in [-0.05, 0) is 41.7 Å². The molecule has 0 fully saturated rings. The van der Waals surface area contributed by atoms with Crippen molar-refractivity contribution < 1.29 is 4.74 Å². The number of pyridine rings is 3. The van der Waals surface area contributed by atoms with Crippen molar-refractivity contribution >= 4 is 11.0 Å². The maximum absolute atomic E-state index is 9.35. The molecular weight excluding hydrogens is 350 g/mol. The van der Waals surface area contributed by atoms with Gasteiger partial charge in [0.1, 0.15) is 5.65 Å². The third kappa shape index (κ3) is 3.69. The minimum absolute atomic E-state index is 0.623. The van der Waals surface area contributed by atoms with Crippen LogP contribution in [0.15, 0.2) is 55.1 Å². The van der Waals surface area contributed by atoms with Gasteiger partial charge in [0, 0.05) is 48.4 Å². The molecule has 0 aliphatic heterocycles. The Morgan fingerprint density at radius 3 is 2.57 bits per heavy atom. The van der Waals surface area contributed by atoms with E-state index in [1.165, 1.54) is 0 Å². The van der Waals surface area contributed by atoms with Crippen LogP contribution < -0.4 is 4.74 Å². The zero-order valence-electron chi connectivity index (χ0n) is 15.5. The van der Waals surface area contributed by atoms with Crippen molar-refractivity contribution in [3.05, 3.63) is 83.1 Å². The molecule has 0 saturated heterocycles. The number of methoxy groups -OCH3 is 1. The van der Waals surface area contributed by atoms with Crippen molar-refractivity contribution in [3.63, 3.8) is 0 Å². The second-order valence-electron chi connectivity index (χ2n) is 6.55. The molecule has 0 atom stereocenters. The van der Waals surface area contributed by atoms with E-state index in [0.717, 1.165) is 46.3 Å².